The molecule has 0 bridgehead atoms. The number of fused-ring (bicyclic) bond motifs is 1. The molecule has 1 aromatic carbocycles. The van der Waals surface area contributed by atoms with Gasteiger partial charge >= 0.3 is 5.54 Å². The maximum absolute atomic E-state index is 9.42. The molecule has 2 aliphatic heterocycles. The molecular weight excluding hydrogens is 376 g/mol. The van der Waals surface area contributed by atoms with E-state index in [-0.39, 0.29) is 6.61 Å². The molecule has 1 N–H and O–H groups in total. The largest absolute Gasteiger partial charge is 0.396 e. The first kappa shape index (κ1) is 18.8. The molecule has 5 rings (SSSR count). The lowest BCUT2D eigenvalue weighted by atomic mass is 9.86. The zero-order chi connectivity index (χ0) is 20.6. The lowest BCUT2D eigenvalue weighted by molar-refractivity contribution is 0.202. The second-order valence-corrected chi connectivity index (χ2v) is 8.20. The number of pyridine rings is 1. The third-order valence-corrected chi connectivity index (χ3v) is 6.32. The molecule has 0 unspecified atom stereocenters. The third kappa shape index (κ3) is 3.14. The molecule has 0 atom stereocenters. The Labute approximate surface area is 175 Å². The minimum absolute atomic E-state index is 0.237. The molecule has 4 heterocycles. The van der Waals surface area contributed by atoms with Crippen molar-refractivity contribution >= 4 is 22.5 Å². The zero-order valence-electron chi connectivity index (χ0n) is 16.8. The molecule has 2 saturated heterocycles. The number of nitrogens with zero attached hydrogens (tertiary/aromatic N) is 6. The summed E-state index contributed by atoms with van der Waals surface area (Å²) in [6, 6.07) is 12.2. The lowest BCUT2D eigenvalue weighted by Gasteiger charge is -2.43. The topological polar surface area (TPSA) is 69.7 Å². The summed E-state index contributed by atoms with van der Waals surface area (Å²) in [5.41, 5.74) is 1.02. The SMILES string of the molecule is [C-]#[N+]C1(c2nccnc2N2CCC(CO)CC2)CN(c2ccc3ccccc3n2)C1. The summed E-state index contributed by atoms with van der Waals surface area (Å²) in [5, 5.41) is 10.5. The van der Waals surface area contributed by atoms with Gasteiger partial charge in [-0.2, -0.15) is 0 Å². The summed E-state index contributed by atoms with van der Waals surface area (Å²) >= 11 is 0. The summed E-state index contributed by atoms with van der Waals surface area (Å²) in [5.74, 6) is 2.06. The van der Waals surface area contributed by atoms with E-state index in [0.717, 1.165) is 54.2 Å². The van der Waals surface area contributed by atoms with Gasteiger partial charge < -0.3 is 14.9 Å². The van der Waals surface area contributed by atoms with Crippen LogP contribution in [0.15, 0.2) is 48.8 Å². The fourth-order valence-corrected chi connectivity index (χ4v) is 4.47. The summed E-state index contributed by atoms with van der Waals surface area (Å²) in [4.78, 5) is 22.4. The van der Waals surface area contributed by atoms with E-state index in [1.54, 1.807) is 12.4 Å². The number of benzene rings is 1. The molecule has 2 aromatic heterocycles. The molecule has 0 amide bonds. The van der Waals surface area contributed by atoms with Crippen molar-refractivity contribution in [1.29, 1.82) is 0 Å². The number of hydrogen-bond acceptors (Lipinski definition) is 6. The number of aliphatic hydroxyl groups is 1. The maximum Gasteiger partial charge on any atom is 0.311 e. The number of anilines is 2. The highest BCUT2D eigenvalue weighted by Gasteiger charge is 2.55. The number of aliphatic hydroxyl groups excluding tert-OH is 1. The van der Waals surface area contributed by atoms with E-state index < -0.39 is 5.54 Å². The first-order valence-electron chi connectivity index (χ1n) is 10.4. The number of piperidine rings is 1. The van der Waals surface area contributed by atoms with Gasteiger partial charge in [-0.1, -0.05) is 18.2 Å². The monoisotopic (exact) mass is 400 g/mol. The Morgan fingerprint density at radius 1 is 1.03 bits per heavy atom. The lowest BCUT2D eigenvalue weighted by Crippen LogP contribution is -2.59. The highest BCUT2D eigenvalue weighted by Crippen LogP contribution is 2.41. The van der Waals surface area contributed by atoms with Gasteiger partial charge in [-0.25, -0.2) is 21.5 Å². The minimum Gasteiger partial charge on any atom is -0.396 e. The van der Waals surface area contributed by atoms with Crippen molar-refractivity contribution in [3.63, 3.8) is 0 Å². The first-order valence-corrected chi connectivity index (χ1v) is 10.4. The molecule has 2 fully saturated rings. The van der Waals surface area contributed by atoms with Crippen LogP contribution in [0.4, 0.5) is 11.6 Å². The Kier molecular flexibility index (Phi) is 4.72. The number of para-hydroxylation sites is 1. The van der Waals surface area contributed by atoms with Gasteiger partial charge in [0.15, 0.2) is 11.5 Å². The van der Waals surface area contributed by atoms with Gasteiger partial charge in [-0.05, 0) is 37.0 Å². The van der Waals surface area contributed by atoms with Crippen molar-refractivity contribution in [1.82, 2.24) is 15.0 Å². The van der Waals surface area contributed by atoms with Gasteiger partial charge in [-0.3, -0.25) is 4.85 Å². The smallest absolute Gasteiger partial charge is 0.311 e. The van der Waals surface area contributed by atoms with Crippen LogP contribution in [0.2, 0.25) is 0 Å². The van der Waals surface area contributed by atoms with Crippen LogP contribution < -0.4 is 9.80 Å². The fraction of sp³-hybridized carbons (Fsp3) is 0.391. The summed E-state index contributed by atoms with van der Waals surface area (Å²) < 4.78 is 0. The molecular formula is C23H24N6O. The zero-order valence-corrected chi connectivity index (χ0v) is 16.8. The quantitative estimate of drug-likeness (QED) is 0.679. The third-order valence-electron chi connectivity index (χ3n) is 6.32. The minimum atomic E-state index is -0.704. The van der Waals surface area contributed by atoms with Crippen LogP contribution in [0.1, 0.15) is 18.5 Å². The molecule has 30 heavy (non-hydrogen) atoms. The van der Waals surface area contributed by atoms with Crippen LogP contribution in [-0.2, 0) is 5.54 Å². The van der Waals surface area contributed by atoms with Crippen molar-refractivity contribution in [2.75, 3.05) is 42.6 Å². The molecule has 0 saturated carbocycles. The van der Waals surface area contributed by atoms with Crippen LogP contribution in [0.3, 0.4) is 0 Å². The Balaban J connectivity index is 1.40. The van der Waals surface area contributed by atoms with Crippen LogP contribution >= 0.6 is 0 Å². The molecule has 7 heteroatoms. The van der Waals surface area contributed by atoms with Crippen LogP contribution in [0.5, 0.6) is 0 Å². The summed E-state index contributed by atoms with van der Waals surface area (Å²) in [7, 11) is 0. The Morgan fingerprint density at radius 2 is 1.80 bits per heavy atom. The Bertz CT molecular complexity index is 1100. The van der Waals surface area contributed by atoms with Gasteiger partial charge in [0.05, 0.1) is 5.52 Å². The van der Waals surface area contributed by atoms with Crippen LogP contribution in [0.25, 0.3) is 15.7 Å². The number of aromatic nitrogens is 3. The fourth-order valence-electron chi connectivity index (χ4n) is 4.47. The van der Waals surface area contributed by atoms with E-state index in [2.05, 4.69) is 36.7 Å². The van der Waals surface area contributed by atoms with Crippen molar-refractivity contribution in [3.05, 3.63) is 65.9 Å². The van der Waals surface area contributed by atoms with E-state index >= 15 is 0 Å². The van der Waals surface area contributed by atoms with Gasteiger partial charge in [0.2, 0.25) is 0 Å². The molecule has 0 radical (unpaired) electrons. The van der Waals surface area contributed by atoms with E-state index in [0.29, 0.717) is 19.0 Å². The molecule has 2 aliphatic rings. The molecule has 152 valence electrons. The Morgan fingerprint density at radius 3 is 2.57 bits per heavy atom. The first-order chi connectivity index (χ1) is 14.7. The number of rotatable bonds is 4. The van der Waals surface area contributed by atoms with Crippen molar-refractivity contribution in [3.8, 4) is 0 Å². The predicted octanol–water partition coefficient (Wildman–Crippen LogP) is 2.87. The van der Waals surface area contributed by atoms with E-state index in [1.807, 2.05) is 24.3 Å². The number of hydrogen-bond donors (Lipinski definition) is 1. The Hall–Kier alpha value is -3.24. The van der Waals surface area contributed by atoms with Gasteiger partial charge in [0.25, 0.3) is 0 Å². The average Bonchev–Trinajstić information content (AvgIpc) is 2.79. The van der Waals surface area contributed by atoms with E-state index in [4.69, 9.17) is 11.6 Å². The molecule has 0 aliphatic carbocycles. The second-order valence-electron chi connectivity index (χ2n) is 8.20. The van der Waals surface area contributed by atoms with E-state index in [9.17, 15) is 5.11 Å². The highest BCUT2D eigenvalue weighted by molar-refractivity contribution is 5.80. The molecule has 7 nitrogen and oxygen atoms in total. The summed E-state index contributed by atoms with van der Waals surface area (Å²) in [6.45, 7) is 11.0. The van der Waals surface area contributed by atoms with Gasteiger partial charge in [-0.15, -0.1) is 0 Å². The van der Waals surface area contributed by atoms with E-state index in [1.165, 1.54) is 0 Å². The molecule has 0 spiro atoms. The summed E-state index contributed by atoms with van der Waals surface area (Å²) in [6.07, 6.45) is 5.26. The van der Waals surface area contributed by atoms with Crippen molar-refractivity contribution < 1.29 is 5.11 Å². The highest BCUT2D eigenvalue weighted by atomic mass is 16.3. The van der Waals surface area contributed by atoms with Crippen molar-refractivity contribution in [2.45, 2.75) is 18.4 Å². The van der Waals surface area contributed by atoms with Crippen LogP contribution in [0, 0.1) is 12.5 Å². The normalized spacial score (nSPS) is 18.8. The second kappa shape index (κ2) is 7.54. The van der Waals surface area contributed by atoms with Gasteiger partial charge in [0, 0.05) is 37.5 Å². The standard InChI is InChI=1S/C23H24N6O/c1-24-23(15-29(16-23)20-7-6-18-4-2-3-5-19(18)27-20)21-22(26-11-10-25-21)28-12-8-17(14-30)9-13-28/h2-7,10-11,17,30H,8-9,12-16H2. The average molecular weight is 400 g/mol. The molecule has 3 aromatic rings. The van der Waals surface area contributed by atoms with Crippen LogP contribution in [-0.4, -0.2) is 52.8 Å². The predicted molar refractivity (Wildman–Crippen MR) is 116 cm³/mol. The maximum atomic E-state index is 9.42. The van der Waals surface area contributed by atoms with Gasteiger partial charge in [0.1, 0.15) is 18.9 Å². The van der Waals surface area contributed by atoms with Crippen molar-refractivity contribution in [2.24, 2.45) is 5.92 Å².